The molecule has 0 bridgehead atoms. The lowest BCUT2D eigenvalue weighted by atomic mass is 9.79. The Morgan fingerprint density at radius 1 is 1.36 bits per heavy atom. The van der Waals surface area contributed by atoms with Gasteiger partial charge in [-0.2, -0.15) is 0 Å². The molecule has 2 N–H and O–H groups in total. The fourth-order valence-corrected chi connectivity index (χ4v) is 3.42. The minimum Gasteiger partial charge on any atom is -0.423 e. The topological polar surface area (TPSA) is 40.5 Å². The van der Waals surface area contributed by atoms with Crippen LogP contribution in [-0.4, -0.2) is 17.2 Å². The smallest absolute Gasteiger partial charge is 0.423 e. The Morgan fingerprint density at radius 3 is 2.71 bits per heavy atom. The summed E-state index contributed by atoms with van der Waals surface area (Å²) in [5, 5.41) is 19.5. The van der Waals surface area contributed by atoms with Gasteiger partial charge in [0.05, 0.1) is 2.88 Å². The van der Waals surface area contributed by atoms with E-state index >= 15 is 0 Å². The van der Waals surface area contributed by atoms with E-state index in [1.165, 1.54) is 5.56 Å². The third-order valence-electron chi connectivity index (χ3n) is 2.18. The van der Waals surface area contributed by atoms with Crippen molar-refractivity contribution in [1.82, 2.24) is 0 Å². The molecule has 0 atom stereocenters. The van der Waals surface area contributed by atoms with Crippen LogP contribution >= 0.6 is 33.9 Å². The fourth-order valence-electron chi connectivity index (χ4n) is 1.45. The minimum atomic E-state index is -1.38. The molecule has 1 heterocycles. The van der Waals surface area contributed by atoms with E-state index in [9.17, 15) is 10.0 Å². The van der Waals surface area contributed by atoms with Crippen LogP contribution in [0.2, 0.25) is 0 Å². The predicted octanol–water partition coefficient (Wildman–Crippen LogP) is 1.49. The second-order valence-corrected chi connectivity index (χ2v) is 6.09. The number of halogens is 1. The third kappa shape index (κ3) is 1.69. The van der Waals surface area contributed by atoms with Crippen molar-refractivity contribution < 1.29 is 10.0 Å². The summed E-state index contributed by atoms with van der Waals surface area (Å²) >= 11 is 3.83. The lowest BCUT2D eigenvalue weighted by molar-refractivity contribution is 0.426. The highest BCUT2D eigenvalue weighted by atomic mass is 127. The van der Waals surface area contributed by atoms with Crippen molar-refractivity contribution in [3.05, 3.63) is 26.6 Å². The summed E-state index contributed by atoms with van der Waals surface area (Å²) in [6, 6.07) is 5.76. The molecule has 0 radical (unpaired) electrons. The maximum atomic E-state index is 9.18. The first kappa shape index (κ1) is 10.4. The first-order valence-corrected chi connectivity index (χ1v) is 6.04. The van der Waals surface area contributed by atoms with E-state index in [2.05, 4.69) is 28.7 Å². The van der Waals surface area contributed by atoms with Gasteiger partial charge in [0, 0.05) is 4.70 Å². The highest BCUT2D eigenvalue weighted by molar-refractivity contribution is 14.1. The Bertz CT molecular complexity index is 481. The van der Waals surface area contributed by atoms with Crippen molar-refractivity contribution in [3.63, 3.8) is 0 Å². The van der Waals surface area contributed by atoms with Gasteiger partial charge in [-0.25, -0.2) is 0 Å². The zero-order chi connectivity index (χ0) is 10.3. The van der Waals surface area contributed by atoms with Crippen LogP contribution in [0, 0.1) is 9.81 Å². The molecule has 0 aliphatic heterocycles. The molecule has 2 aromatic rings. The van der Waals surface area contributed by atoms with Gasteiger partial charge in [-0.05, 0) is 52.0 Å². The van der Waals surface area contributed by atoms with Crippen LogP contribution in [0.5, 0.6) is 0 Å². The van der Waals surface area contributed by atoms with Crippen LogP contribution < -0.4 is 5.46 Å². The molecule has 0 saturated heterocycles. The average molecular weight is 318 g/mol. The molecule has 1 aromatic heterocycles. The molecule has 0 aliphatic rings. The van der Waals surface area contributed by atoms with Crippen molar-refractivity contribution in [2.75, 3.05) is 0 Å². The minimum absolute atomic E-state index is 0.596. The van der Waals surface area contributed by atoms with Gasteiger partial charge in [0.25, 0.3) is 0 Å². The van der Waals surface area contributed by atoms with E-state index in [0.29, 0.717) is 5.46 Å². The number of rotatable bonds is 1. The van der Waals surface area contributed by atoms with Gasteiger partial charge in [0.15, 0.2) is 0 Å². The van der Waals surface area contributed by atoms with E-state index in [0.717, 1.165) is 13.0 Å². The van der Waals surface area contributed by atoms with E-state index < -0.39 is 7.12 Å². The largest absolute Gasteiger partial charge is 0.489 e. The molecule has 0 saturated carbocycles. The fraction of sp³-hybridized carbons (Fsp3) is 0.111. The lowest BCUT2D eigenvalue weighted by Gasteiger charge is -2.02. The summed E-state index contributed by atoms with van der Waals surface area (Å²) in [7, 11) is -1.38. The molecule has 1 aromatic carbocycles. The zero-order valence-corrected chi connectivity index (χ0v) is 10.5. The Hall–Kier alpha value is -0.105. The van der Waals surface area contributed by atoms with Crippen molar-refractivity contribution in [1.29, 1.82) is 0 Å². The Labute approximate surface area is 99.9 Å². The number of hydrogen-bond donors (Lipinski definition) is 2. The third-order valence-corrected chi connectivity index (χ3v) is 4.12. The van der Waals surface area contributed by atoms with Crippen LogP contribution in [0.4, 0.5) is 0 Å². The van der Waals surface area contributed by atoms with Crippen LogP contribution in [0.1, 0.15) is 5.56 Å². The number of benzene rings is 1. The normalized spacial score (nSPS) is 10.9. The summed E-state index contributed by atoms with van der Waals surface area (Å²) in [6.45, 7) is 2.03. The molecule has 72 valence electrons. The summed E-state index contributed by atoms with van der Waals surface area (Å²) < 4.78 is 2.14. The summed E-state index contributed by atoms with van der Waals surface area (Å²) in [6.07, 6.45) is 0. The molecule has 2 nitrogen and oxygen atoms in total. The van der Waals surface area contributed by atoms with Crippen molar-refractivity contribution in [3.8, 4) is 0 Å². The highest BCUT2D eigenvalue weighted by Crippen LogP contribution is 2.27. The number of aryl methyl sites for hydroxylation is 1. The van der Waals surface area contributed by atoms with Crippen molar-refractivity contribution >= 4 is 56.6 Å². The van der Waals surface area contributed by atoms with E-state index in [4.69, 9.17) is 0 Å². The zero-order valence-electron chi connectivity index (χ0n) is 7.49. The maximum Gasteiger partial charge on any atom is 0.489 e. The Kier molecular flexibility index (Phi) is 2.83. The highest BCUT2D eigenvalue weighted by Gasteiger charge is 2.17. The van der Waals surface area contributed by atoms with Crippen LogP contribution in [0.25, 0.3) is 10.1 Å². The first-order chi connectivity index (χ1) is 6.59. The summed E-state index contributed by atoms with van der Waals surface area (Å²) in [5.74, 6) is 0. The van der Waals surface area contributed by atoms with Crippen LogP contribution in [0.15, 0.2) is 18.2 Å². The second kappa shape index (κ2) is 3.81. The lowest BCUT2D eigenvalue weighted by Crippen LogP contribution is -2.29. The molecule has 14 heavy (non-hydrogen) atoms. The molecule has 0 spiro atoms. The monoisotopic (exact) mass is 318 g/mol. The van der Waals surface area contributed by atoms with Gasteiger partial charge >= 0.3 is 7.12 Å². The number of thiophene rings is 1. The maximum absolute atomic E-state index is 9.18. The quantitative estimate of drug-likeness (QED) is 0.618. The standard InChI is InChI=1S/C9H8BIO2S/c1-5-2-3-7(10(12)13)9-6(5)4-8(11)14-9/h2-4,12-13H,1H3. The van der Waals surface area contributed by atoms with E-state index in [-0.39, 0.29) is 0 Å². The summed E-state index contributed by atoms with van der Waals surface area (Å²) in [4.78, 5) is 0. The van der Waals surface area contributed by atoms with Crippen LogP contribution in [-0.2, 0) is 0 Å². The predicted molar refractivity (Wildman–Crippen MR) is 69.1 cm³/mol. The molecular weight excluding hydrogens is 310 g/mol. The van der Waals surface area contributed by atoms with Crippen molar-refractivity contribution in [2.24, 2.45) is 0 Å². The molecule has 0 aliphatic carbocycles. The number of hydrogen-bond acceptors (Lipinski definition) is 3. The molecular formula is C9H8BIO2S. The second-order valence-electron chi connectivity index (χ2n) is 3.14. The van der Waals surface area contributed by atoms with Gasteiger partial charge in [-0.1, -0.05) is 12.1 Å². The first-order valence-electron chi connectivity index (χ1n) is 4.14. The van der Waals surface area contributed by atoms with Gasteiger partial charge < -0.3 is 10.0 Å². The molecule has 0 unspecified atom stereocenters. The Balaban J connectivity index is 2.81. The van der Waals surface area contributed by atoms with Gasteiger partial charge in [0.1, 0.15) is 0 Å². The van der Waals surface area contributed by atoms with E-state index in [1.54, 1.807) is 17.4 Å². The van der Waals surface area contributed by atoms with Gasteiger partial charge in [-0.3, -0.25) is 0 Å². The molecule has 2 rings (SSSR count). The molecule has 0 amide bonds. The van der Waals surface area contributed by atoms with Gasteiger partial charge in [0.2, 0.25) is 0 Å². The number of fused-ring (bicyclic) bond motifs is 1. The summed E-state index contributed by atoms with van der Waals surface area (Å²) in [5.41, 5.74) is 1.77. The average Bonchev–Trinajstić information content (AvgIpc) is 2.47. The van der Waals surface area contributed by atoms with E-state index in [1.807, 2.05) is 13.0 Å². The molecule has 5 heteroatoms. The van der Waals surface area contributed by atoms with Gasteiger partial charge in [-0.15, -0.1) is 11.3 Å². The Morgan fingerprint density at radius 2 is 2.07 bits per heavy atom. The SMILES string of the molecule is Cc1ccc(B(O)O)c2sc(I)cc12. The molecule has 0 fully saturated rings. The van der Waals surface area contributed by atoms with Crippen molar-refractivity contribution in [2.45, 2.75) is 6.92 Å². The van der Waals surface area contributed by atoms with Crippen LogP contribution in [0.3, 0.4) is 0 Å².